The normalized spacial score (nSPS) is 16.6. The molecule has 0 heterocycles. The van der Waals surface area contributed by atoms with Crippen LogP contribution in [0.2, 0.25) is 0 Å². The topological polar surface area (TPSA) is 44.4 Å². The molecule has 4 nitrogen and oxygen atoms in total. The summed E-state index contributed by atoms with van der Waals surface area (Å²) in [6.45, 7) is 1.71. The van der Waals surface area contributed by atoms with Crippen LogP contribution in [0.4, 0.5) is 4.79 Å². The van der Waals surface area contributed by atoms with Crippen molar-refractivity contribution in [3.8, 4) is 0 Å². The van der Waals surface area contributed by atoms with Gasteiger partial charge in [0.1, 0.15) is 0 Å². The quantitative estimate of drug-likeness (QED) is 0.783. The summed E-state index contributed by atoms with van der Waals surface area (Å²) < 4.78 is 0. The fraction of sp³-hybridized carbons (Fsp3) is 0.562. The highest BCUT2D eigenvalue weighted by Crippen LogP contribution is 2.40. The van der Waals surface area contributed by atoms with Crippen LogP contribution in [0.5, 0.6) is 0 Å². The lowest BCUT2D eigenvalue weighted by Crippen LogP contribution is -2.54. The predicted octanol–water partition coefficient (Wildman–Crippen LogP) is 2.32. The fourth-order valence-corrected chi connectivity index (χ4v) is 2.63. The maximum absolute atomic E-state index is 12.0. The predicted molar refractivity (Wildman–Crippen MR) is 81.7 cm³/mol. The molecule has 0 aliphatic heterocycles. The molecular weight excluding hydrogens is 250 g/mol. The third-order valence-corrected chi connectivity index (χ3v) is 3.95. The number of nitrogens with zero attached hydrogens (tertiary/aromatic N) is 1. The molecule has 0 radical (unpaired) electrons. The van der Waals surface area contributed by atoms with Crippen molar-refractivity contribution in [1.29, 1.82) is 0 Å². The average molecular weight is 275 g/mol. The molecule has 1 aromatic rings. The van der Waals surface area contributed by atoms with Gasteiger partial charge in [-0.05, 0) is 51.9 Å². The molecule has 1 saturated carbocycles. The number of carbonyl (C=O) groups excluding carboxylic acids is 1. The van der Waals surface area contributed by atoms with Gasteiger partial charge in [-0.3, -0.25) is 0 Å². The second kappa shape index (κ2) is 6.75. The first-order valence-corrected chi connectivity index (χ1v) is 7.39. The minimum Gasteiger partial charge on any atom is -0.338 e. The molecule has 0 saturated heterocycles. The Hall–Kier alpha value is -1.55. The zero-order valence-corrected chi connectivity index (χ0v) is 12.5. The molecule has 2 rings (SSSR count). The van der Waals surface area contributed by atoms with Crippen molar-refractivity contribution in [3.63, 3.8) is 0 Å². The van der Waals surface area contributed by atoms with E-state index in [4.69, 9.17) is 0 Å². The second-order valence-corrected chi connectivity index (χ2v) is 5.84. The Morgan fingerprint density at radius 2 is 1.95 bits per heavy atom. The van der Waals surface area contributed by atoms with Gasteiger partial charge >= 0.3 is 6.03 Å². The van der Waals surface area contributed by atoms with Crippen molar-refractivity contribution in [2.24, 2.45) is 0 Å². The molecule has 1 fully saturated rings. The molecule has 1 aliphatic carbocycles. The summed E-state index contributed by atoms with van der Waals surface area (Å²) in [7, 11) is 4.08. The van der Waals surface area contributed by atoms with Crippen molar-refractivity contribution in [2.45, 2.75) is 31.2 Å². The van der Waals surface area contributed by atoms with Gasteiger partial charge in [-0.25, -0.2) is 4.79 Å². The highest BCUT2D eigenvalue weighted by Gasteiger charge is 2.39. The van der Waals surface area contributed by atoms with E-state index in [9.17, 15) is 4.79 Å². The van der Waals surface area contributed by atoms with Crippen molar-refractivity contribution >= 4 is 6.03 Å². The number of rotatable bonds is 6. The summed E-state index contributed by atoms with van der Waals surface area (Å²) in [5, 5.41) is 6.13. The lowest BCUT2D eigenvalue weighted by molar-refractivity contribution is 0.177. The van der Waals surface area contributed by atoms with Gasteiger partial charge in [0.15, 0.2) is 0 Å². The molecule has 0 aromatic heterocycles. The van der Waals surface area contributed by atoms with E-state index in [1.165, 1.54) is 12.0 Å². The Kier molecular flexibility index (Phi) is 5.01. The fourth-order valence-electron chi connectivity index (χ4n) is 2.63. The molecule has 110 valence electrons. The monoisotopic (exact) mass is 275 g/mol. The Balaban J connectivity index is 1.83. The van der Waals surface area contributed by atoms with Gasteiger partial charge < -0.3 is 15.5 Å². The summed E-state index contributed by atoms with van der Waals surface area (Å²) in [4.78, 5) is 14.2. The Morgan fingerprint density at radius 3 is 2.50 bits per heavy atom. The first kappa shape index (κ1) is 14.9. The zero-order chi connectivity index (χ0) is 14.4. The highest BCUT2D eigenvalue weighted by atomic mass is 16.2. The molecule has 1 aromatic carbocycles. The number of hydrogen-bond acceptors (Lipinski definition) is 2. The number of nitrogens with one attached hydrogen (secondary N) is 2. The standard InChI is InChI=1S/C16H25N3O/c1-19(2)13-7-12-17-15(20)18-16(10-6-11-16)14-8-4-3-5-9-14/h3-5,8-9H,6-7,10-13H2,1-2H3,(H2,17,18,20). The van der Waals surface area contributed by atoms with Crippen LogP contribution in [-0.2, 0) is 5.54 Å². The van der Waals surface area contributed by atoms with Crippen LogP contribution in [-0.4, -0.2) is 38.1 Å². The van der Waals surface area contributed by atoms with Crippen molar-refractivity contribution in [2.75, 3.05) is 27.2 Å². The number of carbonyl (C=O) groups is 1. The van der Waals surface area contributed by atoms with Crippen molar-refractivity contribution in [1.82, 2.24) is 15.5 Å². The van der Waals surface area contributed by atoms with Crippen LogP contribution in [0.25, 0.3) is 0 Å². The van der Waals surface area contributed by atoms with Gasteiger partial charge in [-0.1, -0.05) is 30.3 Å². The number of benzene rings is 1. The van der Waals surface area contributed by atoms with E-state index in [0.29, 0.717) is 0 Å². The Morgan fingerprint density at radius 1 is 1.25 bits per heavy atom. The smallest absolute Gasteiger partial charge is 0.315 e. The summed E-state index contributed by atoms with van der Waals surface area (Å²) in [5.74, 6) is 0. The molecule has 0 bridgehead atoms. The molecule has 0 unspecified atom stereocenters. The first-order valence-electron chi connectivity index (χ1n) is 7.39. The van der Waals surface area contributed by atoms with Crippen molar-refractivity contribution < 1.29 is 4.79 Å². The maximum atomic E-state index is 12.0. The molecule has 2 amide bonds. The van der Waals surface area contributed by atoms with E-state index in [0.717, 1.165) is 32.4 Å². The third kappa shape index (κ3) is 3.73. The van der Waals surface area contributed by atoms with E-state index in [1.807, 2.05) is 32.3 Å². The Labute approximate surface area is 121 Å². The van der Waals surface area contributed by atoms with Gasteiger partial charge in [0.25, 0.3) is 0 Å². The minimum absolute atomic E-state index is 0.0488. The summed E-state index contributed by atoms with van der Waals surface area (Å²) in [6, 6.07) is 10.2. The van der Waals surface area contributed by atoms with Gasteiger partial charge in [0.05, 0.1) is 5.54 Å². The lowest BCUT2D eigenvalue weighted by Gasteiger charge is -2.43. The molecule has 2 N–H and O–H groups in total. The van der Waals surface area contributed by atoms with E-state index < -0.39 is 0 Å². The largest absolute Gasteiger partial charge is 0.338 e. The first-order chi connectivity index (χ1) is 9.62. The van der Waals surface area contributed by atoms with Crippen LogP contribution < -0.4 is 10.6 Å². The number of amides is 2. The van der Waals surface area contributed by atoms with Gasteiger partial charge in [0, 0.05) is 6.54 Å². The number of urea groups is 1. The van der Waals surface area contributed by atoms with Crippen LogP contribution in [0.1, 0.15) is 31.2 Å². The molecule has 1 aliphatic rings. The molecule has 20 heavy (non-hydrogen) atoms. The van der Waals surface area contributed by atoms with Gasteiger partial charge in [-0.15, -0.1) is 0 Å². The van der Waals surface area contributed by atoms with Crippen LogP contribution in [0.3, 0.4) is 0 Å². The third-order valence-electron chi connectivity index (χ3n) is 3.95. The van der Waals surface area contributed by atoms with Crippen LogP contribution in [0.15, 0.2) is 30.3 Å². The van der Waals surface area contributed by atoms with E-state index >= 15 is 0 Å². The van der Waals surface area contributed by atoms with E-state index in [2.05, 4.69) is 27.7 Å². The number of hydrogen-bond donors (Lipinski definition) is 2. The average Bonchev–Trinajstić information content (AvgIpc) is 2.40. The second-order valence-electron chi connectivity index (χ2n) is 5.84. The minimum atomic E-state index is -0.146. The van der Waals surface area contributed by atoms with Crippen LogP contribution >= 0.6 is 0 Å². The Bertz CT molecular complexity index is 427. The molecule has 0 spiro atoms. The molecular formula is C16H25N3O. The lowest BCUT2D eigenvalue weighted by atomic mass is 9.72. The summed E-state index contributed by atoms with van der Waals surface area (Å²) >= 11 is 0. The summed E-state index contributed by atoms with van der Waals surface area (Å²) in [5.41, 5.74) is 1.07. The van der Waals surface area contributed by atoms with E-state index in [1.54, 1.807) is 0 Å². The SMILES string of the molecule is CN(C)CCCNC(=O)NC1(c2ccccc2)CCC1. The highest BCUT2D eigenvalue weighted by molar-refractivity contribution is 5.75. The zero-order valence-electron chi connectivity index (χ0n) is 12.5. The van der Waals surface area contributed by atoms with Crippen molar-refractivity contribution in [3.05, 3.63) is 35.9 Å². The molecule has 4 heteroatoms. The maximum Gasteiger partial charge on any atom is 0.315 e. The van der Waals surface area contributed by atoms with Crippen LogP contribution in [0, 0.1) is 0 Å². The summed E-state index contributed by atoms with van der Waals surface area (Å²) in [6.07, 6.45) is 4.21. The van der Waals surface area contributed by atoms with E-state index in [-0.39, 0.29) is 11.6 Å². The molecule has 0 atom stereocenters. The van der Waals surface area contributed by atoms with Gasteiger partial charge in [0.2, 0.25) is 0 Å². The van der Waals surface area contributed by atoms with Gasteiger partial charge in [-0.2, -0.15) is 0 Å².